The monoisotopic (exact) mass is 325 g/mol. The molecule has 3 rings (SSSR count). The van der Waals surface area contributed by atoms with Crippen molar-refractivity contribution in [2.45, 2.75) is 20.0 Å². The molecule has 0 atom stereocenters. The second kappa shape index (κ2) is 6.93. The van der Waals surface area contributed by atoms with Gasteiger partial charge in [-0.3, -0.25) is 9.69 Å². The van der Waals surface area contributed by atoms with E-state index in [1.807, 2.05) is 0 Å². The number of methoxy groups -OCH3 is 1. The fourth-order valence-electron chi connectivity index (χ4n) is 3.04. The van der Waals surface area contributed by atoms with Crippen molar-refractivity contribution < 1.29 is 4.74 Å². The van der Waals surface area contributed by atoms with Crippen LogP contribution in [0.4, 0.5) is 0 Å². The van der Waals surface area contributed by atoms with Gasteiger partial charge in [-0.05, 0) is 31.5 Å². The molecule has 0 fully saturated rings. The molecule has 126 valence electrons. The van der Waals surface area contributed by atoms with Crippen molar-refractivity contribution in [3.05, 3.63) is 64.2 Å². The van der Waals surface area contributed by atoms with Crippen LogP contribution < -0.4 is 10.2 Å². The first-order chi connectivity index (χ1) is 11.6. The molecule has 2 heterocycles. The second-order valence-corrected chi connectivity index (χ2v) is 6.12. The summed E-state index contributed by atoms with van der Waals surface area (Å²) in [6.45, 7) is 4.64. The van der Waals surface area contributed by atoms with Crippen LogP contribution in [0.5, 0.6) is 5.75 Å². The van der Waals surface area contributed by atoms with Crippen LogP contribution in [0.15, 0.2) is 47.4 Å². The molecule has 0 radical (unpaired) electrons. The molecule has 5 nitrogen and oxygen atoms in total. The Labute approximate surface area is 141 Å². The fraction of sp³-hybridized carbons (Fsp3) is 0.316. The number of hydrogen-bond acceptors (Lipinski definition) is 3. The van der Waals surface area contributed by atoms with E-state index in [9.17, 15) is 4.79 Å². The van der Waals surface area contributed by atoms with E-state index in [1.54, 1.807) is 12.3 Å². The van der Waals surface area contributed by atoms with Gasteiger partial charge in [0, 0.05) is 48.8 Å². The number of aromatic nitrogens is 2. The lowest BCUT2D eigenvalue weighted by molar-refractivity contribution is 0.308. The van der Waals surface area contributed by atoms with Gasteiger partial charge in [0.2, 0.25) is 5.43 Å². The lowest BCUT2D eigenvalue weighted by atomic mass is 10.2. The Balaban J connectivity index is 1.67. The molecule has 0 saturated heterocycles. The molecule has 24 heavy (non-hydrogen) atoms. The highest BCUT2D eigenvalue weighted by Gasteiger charge is 2.08. The van der Waals surface area contributed by atoms with Crippen molar-refractivity contribution in [3.8, 4) is 5.75 Å². The van der Waals surface area contributed by atoms with Crippen molar-refractivity contribution in [2.75, 3.05) is 20.7 Å². The Bertz CT molecular complexity index is 895. The number of nitrogens with zero attached hydrogens (tertiary/aromatic N) is 2. The number of hydrogen-bond donors (Lipinski definition) is 1. The maximum atomic E-state index is 11.8. The Kier molecular flexibility index (Phi) is 4.71. The standard InChI is InChI=1S/C19H23N3O2/c1-14-10-15-6-4-5-7-17(15)22(14)9-8-21(2)13-16-11-18(23)19(24-3)12-20-16/h4-7,10-12H,8-9,13H2,1-3H3,(H,20,23). The molecular formula is C19H23N3O2. The third-order valence-electron chi connectivity index (χ3n) is 4.32. The van der Waals surface area contributed by atoms with Gasteiger partial charge in [-0.25, -0.2) is 0 Å². The molecule has 0 bridgehead atoms. The molecule has 1 N–H and O–H groups in total. The molecule has 0 spiro atoms. The molecule has 0 aliphatic carbocycles. The number of para-hydroxylation sites is 1. The molecule has 0 unspecified atom stereocenters. The molecule has 0 amide bonds. The minimum absolute atomic E-state index is 0.0908. The molecule has 3 aromatic rings. The number of fused-ring (bicyclic) bond motifs is 1. The van der Waals surface area contributed by atoms with Crippen LogP contribution in [0.2, 0.25) is 0 Å². The summed E-state index contributed by atoms with van der Waals surface area (Å²) >= 11 is 0. The van der Waals surface area contributed by atoms with E-state index in [0.717, 1.165) is 18.8 Å². The van der Waals surface area contributed by atoms with Gasteiger partial charge in [-0.15, -0.1) is 0 Å². The van der Waals surface area contributed by atoms with E-state index in [4.69, 9.17) is 4.74 Å². The first-order valence-corrected chi connectivity index (χ1v) is 8.07. The number of aromatic amines is 1. The average Bonchev–Trinajstić information content (AvgIpc) is 2.88. The number of likely N-dealkylation sites (N-methyl/N-ethyl adjacent to an activating group) is 1. The summed E-state index contributed by atoms with van der Waals surface area (Å²) in [4.78, 5) is 17.1. The largest absolute Gasteiger partial charge is 0.491 e. The van der Waals surface area contributed by atoms with Crippen molar-refractivity contribution >= 4 is 10.9 Å². The average molecular weight is 325 g/mol. The maximum absolute atomic E-state index is 11.8. The number of aryl methyl sites for hydroxylation is 1. The van der Waals surface area contributed by atoms with E-state index in [0.29, 0.717) is 12.3 Å². The van der Waals surface area contributed by atoms with Crippen LogP contribution in [0.3, 0.4) is 0 Å². The summed E-state index contributed by atoms with van der Waals surface area (Å²) < 4.78 is 7.33. The van der Waals surface area contributed by atoms with E-state index in [-0.39, 0.29) is 5.43 Å². The number of benzene rings is 1. The lowest BCUT2D eigenvalue weighted by Crippen LogP contribution is -2.24. The predicted octanol–water partition coefficient (Wildman–Crippen LogP) is 2.78. The van der Waals surface area contributed by atoms with E-state index in [2.05, 4.69) is 58.8 Å². The maximum Gasteiger partial charge on any atom is 0.223 e. The number of H-pyrrole nitrogens is 1. The summed E-state index contributed by atoms with van der Waals surface area (Å²) in [5.41, 5.74) is 3.33. The normalized spacial score (nSPS) is 11.3. The van der Waals surface area contributed by atoms with Crippen LogP contribution in [-0.4, -0.2) is 35.2 Å². The van der Waals surface area contributed by atoms with Crippen LogP contribution in [-0.2, 0) is 13.1 Å². The summed E-state index contributed by atoms with van der Waals surface area (Å²) in [7, 11) is 3.56. The Morgan fingerprint density at radius 3 is 2.79 bits per heavy atom. The highest BCUT2D eigenvalue weighted by Crippen LogP contribution is 2.19. The van der Waals surface area contributed by atoms with Crippen LogP contribution in [0.25, 0.3) is 10.9 Å². The molecule has 0 aliphatic heterocycles. The number of nitrogens with one attached hydrogen (secondary N) is 1. The third kappa shape index (κ3) is 3.36. The molecule has 0 aliphatic rings. The van der Waals surface area contributed by atoms with Gasteiger partial charge in [0.15, 0.2) is 5.75 Å². The minimum Gasteiger partial charge on any atom is -0.491 e. The number of ether oxygens (including phenoxy) is 1. The first kappa shape index (κ1) is 16.3. The smallest absolute Gasteiger partial charge is 0.223 e. The molecule has 0 saturated carbocycles. The second-order valence-electron chi connectivity index (χ2n) is 6.12. The Morgan fingerprint density at radius 1 is 1.25 bits per heavy atom. The summed E-state index contributed by atoms with van der Waals surface area (Å²) in [5.74, 6) is 0.343. The van der Waals surface area contributed by atoms with Gasteiger partial charge in [0.1, 0.15) is 0 Å². The van der Waals surface area contributed by atoms with Gasteiger partial charge in [0.25, 0.3) is 0 Å². The Hall–Kier alpha value is -2.53. The highest BCUT2D eigenvalue weighted by atomic mass is 16.5. The zero-order valence-electron chi connectivity index (χ0n) is 14.4. The molecule has 1 aromatic carbocycles. The zero-order chi connectivity index (χ0) is 17.1. The van der Waals surface area contributed by atoms with Crippen molar-refractivity contribution in [2.24, 2.45) is 0 Å². The lowest BCUT2D eigenvalue weighted by Gasteiger charge is -2.18. The van der Waals surface area contributed by atoms with E-state index in [1.165, 1.54) is 23.7 Å². The number of pyridine rings is 1. The number of rotatable bonds is 6. The zero-order valence-corrected chi connectivity index (χ0v) is 14.4. The van der Waals surface area contributed by atoms with E-state index >= 15 is 0 Å². The van der Waals surface area contributed by atoms with Gasteiger partial charge in [-0.2, -0.15) is 0 Å². The predicted molar refractivity (Wildman–Crippen MR) is 96.6 cm³/mol. The first-order valence-electron chi connectivity index (χ1n) is 8.07. The SMILES string of the molecule is COc1c[nH]c(CN(C)CCn2c(C)cc3ccccc32)cc1=O. The topological polar surface area (TPSA) is 50.3 Å². The minimum atomic E-state index is -0.0908. The van der Waals surface area contributed by atoms with Crippen molar-refractivity contribution in [1.82, 2.24) is 14.5 Å². The van der Waals surface area contributed by atoms with Crippen molar-refractivity contribution in [3.63, 3.8) is 0 Å². The van der Waals surface area contributed by atoms with Gasteiger partial charge >= 0.3 is 0 Å². The van der Waals surface area contributed by atoms with E-state index < -0.39 is 0 Å². The third-order valence-corrected chi connectivity index (χ3v) is 4.32. The summed E-state index contributed by atoms with van der Waals surface area (Å²) in [6, 6.07) is 12.3. The Morgan fingerprint density at radius 2 is 2.04 bits per heavy atom. The van der Waals surface area contributed by atoms with Gasteiger partial charge in [0.05, 0.1) is 7.11 Å². The molecule has 5 heteroatoms. The van der Waals surface area contributed by atoms with Crippen LogP contribution in [0.1, 0.15) is 11.4 Å². The van der Waals surface area contributed by atoms with Crippen LogP contribution >= 0.6 is 0 Å². The molecule has 2 aromatic heterocycles. The quantitative estimate of drug-likeness (QED) is 0.758. The summed E-state index contributed by atoms with van der Waals surface area (Å²) in [5, 5.41) is 1.28. The fourth-order valence-corrected chi connectivity index (χ4v) is 3.04. The van der Waals surface area contributed by atoms with Gasteiger partial charge in [-0.1, -0.05) is 18.2 Å². The van der Waals surface area contributed by atoms with Gasteiger partial charge < -0.3 is 14.3 Å². The summed E-state index contributed by atoms with van der Waals surface area (Å²) in [6.07, 6.45) is 1.62. The molecular weight excluding hydrogens is 302 g/mol. The van der Waals surface area contributed by atoms with Crippen molar-refractivity contribution in [1.29, 1.82) is 0 Å². The van der Waals surface area contributed by atoms with Crippen LogP contribution in [0, 0.1) is 6.92 Å². The highest BCUT2D eigenvalue weighted by molar-refractivity contribution is 5.81.